The highest BCUT2D eigenvalue weighted by Crippen LogP contribution is 2.22. The van der Waals surface area contributed by atoms with Gasteiger partial charge in [0.05, 0.1) is 11.7 Å². The molecule has 112 valence electrons. The van der Waals surface area contributed by atoms with E-state index in [-0.39, 0.29) is 0 Å². The smallest absolute Gasteiger partial charge is 0.222 e. The van der Waals surface area contributed by atoms with Crippen LogP contribution >= 0.6 is 0 Å². The van der Waals surface area contributed by atoms with Crippen molar-refractivity contribution in [1.29, 1.82) is 0 Å². The summed E-state index contributed by atoms with van der Waals surface area (Å²) in [4.78, 5) is 8.78. The lowest BCUT2D eigenvalue weighted by Gasteiger charge is -2.06. The van der Waals surface area contributed by atoms with Crippen molar-refractivity contribution in [3.05, 3.63) is 72.7 Å². The molecule has 4 aromatic rings. The fourth-order valence-corrected chi connectivity index (χ4v) is 2.46. The first kappa shape index (κ1) is 13.5. The Kier molecular flexibility index (Phi) is 3.44. The molecule has 0 amide bonds. The lowest BCUT2D eigenvalue weighted by Crippen LogP contribution is -2.03. The quantitative estimate of drug-likeness (QED) is 0.604. The average molecular weight is 301 g/mol. The Hall–Kier alpha value is -3.21. The van der Waals surface area contributed by atoms with Gasteiger partial charge in [-0.2, -0.15) is 5.10 Å². The highest BCUT2D eigenvalue weighted by molar-refractivity contribution is 5.83. The second-order valence-corrected chi connectivity index (χ2v) is 5.31. The number of nitrogens with zero attached hydrogens (tertiary/aromatic N) is 3. The van der Waals surface area contributed by atoms with Gasteiger partial charge in [-0.25, -0.2) is 9.97 Å². The number of hydrogen-bond acceptors (Lipinski definition) is 4. The molecule has 0 saturated heterocycles. The van der Waals surface area contributed by atoms with Crippen LogP contribution in [0, 0.1) is 0 Å². The Morgan fingerprint density at radius 1 is 0.870 bits per heavy atom. The molecule has 0 spiro atoms. The van der Waals surface area contributed by atoms with Crippen molar-refractivity contribution in [3.63, 3.8) is 0 Å². The maximum Gasteiger partial charge on any atom is 0.222 e. The zero-order chi connectivity index (χ0) is 15.5. The van der Waals surface area contributed by atoms with E-state index >= 15 is 0 Å². The van der Waals surface area contributed by atoms with Crippen molar-refractivity contribution in [2.75, 3.05) is 5.32 Å². The minimum atomic E-state index is 0.625. The molecule has 2 aromatic carbocycles. The molecule has 2 aromatic heterocycles. The molecule has 0 aliphatic carbocycles. The van der Waals surface area contributed by atoms with Crippen LogP contribution in [0.25, 0.3) is 22.0 Å². The third kappa shape index (κ3) is 2.89. The van der Waals surface area contributed by atoms with Crippen LogP contribution in [0.4, 0.5) is 5.95 Å². The van der Waals surface area contributed by atoms with Crippen LogP contribution in [0.5, 0.6) is 0 Å². The van der Waals surface area contributed by atoms with Crippen molar-refractivity contribution >= 4 is 16.9 Å². The van der Waals surface area contributed by atoms with Crippen molar-refractivity contribution < 1.29 is 0 Å². The molecule has 4 rings (SSSR count). The van der Waals surface area contributed by atoms with Crippen molar-refractivity contribution in [2.45, 2.75) is 6.54 Å². The lowest BCUT2D eigenvalue weighted by molar-refractivity contribution is 1.06. The van der Waals surface area contributed by atoms with E-state index in [1.807, 2.05) is 48.9 Å². The van der Waals surface area contributed by atoms with Crippen LogP contribution in [-0.4, -0.2) is 20.2 Å². The van der Waals surface area contributed by atoms with Crippen molar-refractivity contribution in [1.82, 2.24) is 20.2 Å². The summed E-state index contributed by atoms with van der Waals surface area (Å²) in [5, 5.41) is 11.3. The third-order valence-electron chi connectivity index (χ3n) is 3.72. The van der Waals surface area contributed by atoms with Gasteiger partial charge in [0.25, 0.3) is 0 Å². The largest absolute Gasteiger partial charge is 0.350 e. The summed E-state index contributed by atoms with van der Waals surface area (Å²) in [6, 6.07) is 16.3. The molecule has 2 heterocycles. The summed E-state index contributed by atoms with van der Waals surface area (Å²) in [6.07, 6.45) is 5.47. The number of anilines is 1. The van der Waals surface area contributed by atoms with Crippen molar-refractivity contribution in [3.8, 4) is 11.1 Å². The molecule has 0 aliphatic rings. The third-order valence-corrected chi connectivity index (χ3v) is 3.72. The first-order valence-corrected chi connectivity index (χ1v) is 7.42. The van der Waals surface area contributed by atoms with Gasteiger partial charge in [-0.1, -0.05) is 42.5 Å². The van der Waals surface area contributed by atoms with E-state index in [4.69, 9.17) is 0 Å². The van der Waals surface area contributed by atoms with E-state index in [2.05, 4.69) is 43.7 Å². The summed E-state index contributed by atoms with van der Waals surface area (Å²) in [7, 11) is 0. The van der Waals surface area contributed by atoms with Gasteiger partial charge in [0.1, 0.15) is 0 Å². The van der Waals surface area contributed by atoms with Gasteiger partial charge in [0, 0.05) is 29.9 Å². The Labute approximate surface area is 133 Å². The fourth-order valence-electron chi connectivity index (χ4n) is 2.46. The Bertz CT molecular complexity index is 913. The fraction of sp³-hybridized carbons (Fsp3) is 0.0556. The number of nitrogens with one attached hydrogen (secondary N) is 2. The number of benzene rings is 2. The summed E-state index contributed by atoms with van der Waals surface area (Å²) >= 11 is 0. The Morgan fingerprint density at radius 3 is 2.52 bits per heavy atom. The second kappa shape index (κ2) is 5.88. The van der Waals surface area contributed by atoms with Gasteiger partial charge in [-0.05, 0) is 17.2 Å². The van der Waals surface area contributed by atoms with Gasteiger partial charge >= 0.3 is 0 Å². The predicted octanol–water partition coefficient (Wildman–Crippen LogP) is 3.63. The van der Waals surface area contributed by atoms with E-state index in [1.165, 1.54) is 5.56 Å². The maximum absolute atomic E-state index is 4.39. The first-order chi connectivity index (χ1) is 11.4. The molecule has 0 aliphatic heterocycles. The summed E-state index contributed by atoms with van der Waals surface area (Å²) < 4.78 is 0. The molecule has 0 radical (unpaired) electrons. The SMILES string of the molecule is c1ccc(CNc2ncc(-c3ccc4cn[nH]c4c3)cn2)cc1. The molecule has 5 heteroatoms. The monoisotopic (exact) mass is 301 g/mol. The van der Waals surface area contributed by atoms with Crippen LogP contribution in [-0.2, 0) is 6.54 Å². The van der Waals surface area contributed by atoms with Gasteiger partial charge in [0.15, 0.2) is 0 Å². The summed E-state index contributed by atoms with van der Waals surface area (Å²) in [5.41, 5.74) is 4.25. The molecule has 0 unspecified atom stereocenters. The number of aromatic amines is 1. The van der Waals surface area contributed by atoms with Crippen LogP contribution in [0.1, 0.15) is 5.56 Å². The van der Waals surface area contributed by atoms with E-state index in [0.29, 0.717) is 12.5 Å². The molecular formula is C18H15N5. The van der Waals surface area contributed by atoms with Gasteiger partial charge < -0.3 is 5.32 Å². The van der Waals surface area contributed by atoms with E-state index in [1.54, 1.807) is 0 Å². The molecule has 2 N–H and O–H groups in total. The van der Waals surface area contributed by atoms with Crippen LogP contribution in [0.2, 0.25) is 0 Å². The lowest BCUT2D eigenvalue weighted by atomic mass is 10.1. The molecule has 0 atom stereocenters. The molecular weight excluding hydrogens is 286 g/mol. The Balaban J connectivity index is 1.51. The molecule has 0 saturated carbocycles. The molecule has 5 nitrogen and oxygen atoms in total. The van der Waals surface area contributed by atoms with E-state index in [0.717, 1.165) is 22.0 Å². The van der Waals surface area contributed by atoms with Crippen molar-refractivity contribution in [2.24, 2.45) is 0 Å². The minimum Gasteiger partial charge on any atom is -0.350 e. The van der Waals surface area contributed by atoms with Gasteiger partial charge in [-0.3, -0.25) is 5.10 Å². The molecule has 0 bridgehead atoms. The average Bonchev–Trinajstić information content (AvgIpc) is 3.09. The normalized spacial score (nSPS) is 10.8. The van der Waals surface area contributed by atoms with E-state index in [9.17, 15) is 0 Å². The van der Waals surface area contributed by atoms with Crippen LogP contribution in [0.15, 0.2) is 67.1 Å². The number of H-pyrrole nitrogens is 1. The number of hydrogen-bond donors (Lipinski definition) is 2. The van der Waals surface area contributed by atoms with Gasteiger partial charge in [0.2, 0.25) is 5.95 Å². The van der Waals surface area contributed by atoms with Crippen LogP contribution < -0.4 is 5.32 Å². The zero-order valence-corrected chi connectivity index (χ0v) is 12.4. The maximum atomic E-state index is 4.39. The van der Waals surface area contributed by atoms with Gasteiger partial charge in [-0.15, -0.1) is 0 Å². The highest BCUT2D eigenvalue weighted by atomic mass is 15.1. The van der Waals surface area contributed by atoms with Crippen LogP contribution in [0.3, 0.4) is 0 Å². The summed E-state index contributed by atoms with van der Waals surface area (Å²) in [5.74, 6) is 0.625. The topological polar surface area (TPSA) is 66.5 Å². The highest BCUT2D eigenvalue weighted by Gasteiger charge is 2.03. The Morgan fingerprint density at radius 2 is 1.70 bits per heavy atom. The summed E-state index contributed by atoms with van der Waals surface area (Å²) in [6.45, 7) is 0.709. The second-order valence-electron chi connectivity index (χ2n) is 5.31. The molecule has 0 fully saturated rings. The molecule has 23 heavy (non-hydrogen) atoms. The zero-order valence-electron chi connectivity index (χ0n) is 12.4. The standard InChI is InChI=1S/C18H15N5/c1-2-4-13(5-3-1)9-19-18-20-10-16(11-21-18)14-6-7-15-12-22-23-17(15)8-14/h1-8,10-12H,9H2,(H,22,23)(H,19,20,21). The minimum absolute atomic E-state index is 0.625. The van der Waals surface area contributed by atoms with E-state index < -0.39 is 0 Å². The number of rotatable bonds is 4. The number of fused-ring (bicyclic) bond motifs is 1. The number of aromatic nitrogens is 4. The predicted molar refractivity (Wildman–Crippen MR) is 90.9 cm³/mol. The first-order valence-electron chi connectivity index (χ1n) is 7.42.